The van der Waals surface area contributed by atoms with Crippen molar-refractivity contribution in [2.24, 2.45) is 4.99 Å². The second kappa shape index (κ2) is 6.03. The molecule has 0 atom stereocenters. The van der Waals surface area contributed by atoms with Gasteiger partial charge in [0, 0.05) is 16.3 Å². The molecule has 0 N–H and O–H groups in total. The SMILES string of the molecule is CCC(=Nc1ccccc1Cl)c1ccccc1Cl. The van der Waals surface area contributed by atoms with Crippen molar-refractivity contribution in [2.75, 3.05) is 0 Å². The maximum Gasteiger partial charge on any atom is 0.0819 e. The van der Waals surface area contributed by atoms with Crippen molar-refractivity contribution >= 4 is 34.6 Å². The molecule has 0 spiro atoms. The third kappa shape index (κ3) is 2.92. The van der Waals surface area contributed by atoms with Gasteiger partial charge in [-0.1, -0.05) is 60.5 Å². The molecular weight excluding hydrogens is 265 g/mol. The summed E-state index contributed by atoms with van der Waals surface area (Å²) in [6.07, 6.45) is 0.801. The Kier molecular flexibility index (Phi) is 4.40. The zero-order valence-electron chi connectivity index (χ0n) is 10.0. The summed E-state index contributed by atoms with van der Waals surface area (Å²) in [4.78, 5) is 4.61. The Hall–Kier alpha value is -1.31. The molecule has 3 heteroatoms. The summed E-state index contributed by atoms with van der Waals surface area (Å²) < 4.78 is 0. The molecule has 0 aromatic heterocycles. The van der Waals surface area contributed by atoms with E-state index in [9.17, 15) is 0 Å². The molecule has 0 bridgehead atoms. The van der Waals surface area contributed by atoms with Crippen molar-refractivity contribution < 1.29 is 0 Å². The average molecular weight is 278 g/mol. The molecule has 0 unspecified atom stereocenters. The highest BCUT2D eigenvalue weighted by Crippen LogP contribution is 2.26. The van der Waals surface area contributed by atoms with Crippen LogP contribution in [-0.2, 0) is 0 Å². The molecule has 18 heavy (non-hydrogen) atoms. The topological polar surface area (TPSA) is 12.4 Å². The van der Waals surface area contributed by atoms with E-state index in [4.69, 9.17) is 23.2 Å². The first-order valence-corrected chi connectivity index (χ1v) is 6.55. The van der Waals surface area contributed by atoms with Crippen molar-refractivity contribution in [3.05, 3.63) is 64.1 Å². The molecule has 2 aromatic rings. The standard InChI is InChI=1S/C15H13Cl2N/c1-2-14(11-7-3-4-8-12(11)16)18-15-10-6-5-9-13(15)17/h3-10H,2H2,1H3. The van der Waals surface area contributed by atoms with E-state index in [1.807, 2.05) is 48.5 Å². The van der Waals surface area contributed by atoms with E-state index in [2.05, 4.69) is 11.9 Å². The van der Waals surface area contributed by atoms with Crippen LogP contribution in [0.15, 0.2) is 53.5 Å². The summed E-state index contributed by atoms with van der Waals surface area (Å²) in [6.45, 7) is 2.05. The fourth-order valence-corrected chi connectivity index (χ4v) is 2.14. The fourth-order valence-electron chi connectivity index (χ4n) is 1.71. The van der Waals surface area contributed by atoms with Gasteiger partial charge in [0.05, 0.1) is 10.7 Å². The second-order valence-electron chi connectivity index (χ2n) is 3.84. The van der Waals surface area contributed by atoms with Crippen molar-refractivity contribution in [1.82, 2.24) is 0 Å². The molecule has 0 aliphatic rings. The van der Waals surface area contributed by atoms with Gasteiger partial charge in [-0.05, 0) is 24.6 Å². The molecule has 92 valence electrons. The summed E-state index contributed by atoms with van der Waals surface area (Å²) in [5.74, 6) is 0. The van der Waals surface area contributed by atoms with Gasteiger partial charge in [0.2, 0.25) is 0 Å². The molecule has 0 amide bonds. The summed E-state index contributed by atoms with van der Waals surface area (Å²) in [6, 6.07) is 15.3. The van der Waals surface area contributed by atoms with E-state index in [0.717, 1.165) is 23.4 Å². The smallest absolute Gasteiger partial charge is 0.0819 e. The Morgan fingerprint density at radius 1 is 0.944 bits per heavy atom. The second-order valence-corrected chi connectivity index (χ2v) is 4.66. The molecule has 0 aliphatic heterocycles. The van der Waals surface area contributed by atoms with E-state index >= 15 is 0 Å². The van der Waals surface area contributed by atoms with E-state index in [1.165, 1.54) is 0 Å². The normalized spacial score (nSPS) is 11.6. The minimum atomic E-state index is 0.649. The molecule has 0 saturated heterocycles. The lowest BCUT2D eigenvalue weighted by Gasteiger charge is -2.07. The number of hydrogen-bond donors (Lipinski definition) is 0. The highest BCUT2D eigenvalue weighted by molar-refractivity contribution is 6.35. The zero-order valence-corrected chi connectivity index (χ0v) is 11.5. The Morgan fingerprint density at radius 2 is 1.56 bits per heavy atom. The number of hydrogen-bond acceptors (Lipinski definition) is 1. The van der Waals surface area contributed by atoms with Crippen LogP contribution in [-0.4, -0.2) is 5.71 Å². The zero-order chi connectivity index (χ0) is 13.0. The van der Waals surface area contributed by atoms with Gasteiger partial charge in [-0.2, -0.15) is 0 Å². The Labute approximate surface area is 117 Å². The molecule has 0 radical (unpaired) electrons. The third-order valence-corrected chi connectivity index (χ3v) is 3.28. The summed E-state index contributed by atoms with van der Waals surface area (Å²) >= 11 is 12.3. The van der Waals surface area contributed by atoms with Crippen LogP contribution in [0.2, 0.25) is 10.0 Å². The van der Waals surface area contributed by atoms with Crippen LogP contribution in [0.25, 0.3) is 0 Å². The Bertz CT molecular complexity index is 576. The van der Waals surface area contributed by atoms with E-state index in [1.54, 1.807) is 0 Å². The number of halogens is 2. The van der Waals surface area contributed by atoms with Crippen LogP contribution in [0.5, 0.6) is 0 Å². The lowest BCUT2D eigenvalue weighted by Crippen LogP contribution is -1.99. The number of rotatable bonds is 3. The van der Waals surface area contributed by atoms with Crippen LogP contribution in [0.1, 0.15) is 18.9 Å². The van der Waals surface area contributed by atoms with Gasteiger partial charge >= 0.3 is 0 Å². The van der Waals surface area contributed by atoms with Crippen LogP contribution in [0.4, 0.5) is 5.69 Å². The molecule has 0 heterocycles. The van der Waals surface area contributed by atoms with E-state index in [0.29, 0.717) is 10.0 Å². The van der Waals surface area contributed by atoms with Gasteiger partial charge in [0.25, 0.3) is 0 Å². The number of nitrogens with zero attached hydrogens (tertiary/aromatic N) is 1. The minimum Gasteiger partial charge on any atom is -0.251 e. The van der Waals surface area contributed by atoms with Gasteiger partial charge in [-0.3, -0.25) is 4.99 Å². The van der Waals surface area contributed by atoms with E-state index < -0.39 is 0 Å². The summed E-state index contributed by atoms with van der Waals surface area (Å²) in [5, 5.41) is 1.36. The molecule has 0 fully saturated rings. The quantitative estimate of drug-likeness (QED) is 0.655. The van der Waals surface area contributed by atoms with Crippen LogP contribution in [0, 0.1) is 0 Å². The van der Waals surface area contributed by atoms with Crippen LogP contribution in [0.3, 0.4) is 0 Å². The molecule has 0 saturated carbocycles. The fraction of sp³-hybridized carbons (Fsp3) is 0.133. The van der Waals surface area contributed by atoms with Gasteiger partial charge in [0.15, 0.2) is 0 Å². The van der Waals surface area contributed by atoms with Crippen molar-refractivity contribution in [3.63, 3.8) is 0 Å². The van der Waals surface area contributed by atoms with Crippen molar-refractivity contribution in [1.29, 1.82) is 0 Å². The van der Waals surface area contributed by atoms with Crippen LogP contribution >= 0.6 is 23.2 Å². The lowest BCUT2D eigenvalue weighted by molar-refractivity contribution is 1.26. The maximum absolute atomic E-state index is 6.19. The van der Waals surface area contributed by atoms with Gasteiger partial charge in [0.1, 0.15) is 0 Å². The van der Waals surface area contributed by atoms with E-state index in [-0.39, 0.29) is 0 Å². The third-order valence-electron chi connectivity index (χ3n) is 2.63. The first kappa shape index (κ1) is 13.1. The molecule has 2 rings (SSSR count). The number of para-hydroxylation sites is 1. The average Bonchev–Trinajstić information content (AvgIpc) is 2.39. The molecular formula is C15H13Cl2N. The summed E-state index contributed by atoms with van der Waals surface area (Å²) in [7, 11) is 0. The Morgan fingerprint density at radius 3 is 2.17 bits per heavy atom. The maximum atomic E-state index is 6.19. The molecule has 2 aromatic carbocycles. The number of aliphatic imine (C=N–C) groups is 1. The van der Waals surface area contributed by atoms with Gasteiger partial charge < -0.3 is 0 Å². The predicted molar refractivity (Wildman–Crippen MR) is 79.4 cm³/mol. The van der Waals surface area contributed by atoms with Gasteiger partial charge in [-0.15, -0.1) is 0 Å². The van der Waals surface area contributed by atoms with Crippen molar-refractivity contribution in [2.45, 2.75) is 13.3 Å². The van der Waals surface area contributed by atoms with Crippen molar-refractivity contribution in [3.8, 4) is 0 Å². The minimum absolute atomic E-state index is 0.649. The predicted octanol–water partition coefficient (Wildman–Crippen LogP) is 5.52. The largest absolute Gasteiger partial charge is 0.251 e. The molecule has 1 nitrogen and oxygen atoms in total. The highest BCUT2D eigenvalue weighted by Gasteiger charge is 2.06. The van der Waals surface area contributed by atoms with Gasteiger partial charge in [-0.25, -0.2) is 0 Å². The summed E-state index contributed by atoms with van der Waals surface area (Å²) in [5.41, 5.74) is 2.67. The van der Waals surface area contributed by atoms with Crippen LogP contribution < -0.4 is 0 Å². The highest BCUT2D eigenvalue weighted by atomic mass is 35.5. The molecule has 0 aliphatic carbocycles. The number of benzene rings is 2. The first-order valence-electron chi connectivity index (χ1n) is 5.79. The monoisotopic (exact) mass is 277 g/mol. The first-order chi connectivity index (χ1) is 8.72. The Balaban J connectivity index is 2.47. The lowest BCUT2D eigenvalue weighted by atomic mass is 10.1.